The molecule has 0 radical (unpaired) electrons. The molecular weight excluding hydrogens is 256 g/mol. The quantitative estimate of drug-likeness (QED) is 0.741. The molecule has 1 aliphatic heterocycles. The molecule has 6 heteroatoms. The van der Waals surface area contributed by atoms with E-state index >= 15 is 0 Å². The van der Waals surface area contributed by atoms with E-state index in [0.717, 1.165) is 25.9 Å². The van der Waals surface area contributed by atoms with Gasteiger partial charge in [-0.3, -0.25) is 9.69 Å². The molecule has 0 atom stereocenters. The minimum absolute atomic E-state index is 0.0515. The zero-order valence-electron chi connectivity index (χ0n) is 12.1. The zero-order chi connectivity index (χ0) is 14.4. The van der Waals surface area contributed by atoms with Crippen molar-refractivity contribution in [3.8, 4) is 0 Å². The van der Waals surface area contributed by atoms with Crippen molar-refractivity contribution >= 4 is 11.9 Å². The number of piperazine rings is 1. The number of urea groups is 1. The SMILES string of the molecule is NC(=O)CN1CCN(C(=O)NC2CCCCCC2)CC1. The number of carbonyl (C=O) groups excluding carboxylic acids is 2. The summed E-state index contributed by atoms with van der Waals surface area (Å²) in [6.45, 7) is 3.08. The van der Waals surface area contributed by atoms with Gasteiger partial charge in [0.25, 0.3) is 0 Å². The fourth-order valence-corrected chi connectivity index (χ4v) is 3.02. The maximum Gasteiger partial charge on any atom is 0.317 e. The second kappa shape index (κ2) is 7.47. The molecule has 6 nitrogen and oxygen atoms in total. The van der Waals surface area contributed by atoms with Crippen molar-refractivity contribution in [2.45, 2.75) is 44.6 Å². The van der Waals surface area contributed by atoms with Gasteiger partial charge in [-0.15, -0.1) is 0 Å². The van der Waals surface area contributed by atoms with Crippen LogP contribution in [0.25, 0.3) is 0 Å². The van der Waals surface area contributed by atoms with Crippen LogP contribution in [0.1, 0.15) is 38.5 Å². The minimum Gasteiger partial charge on any atom is -0.369 e. The first kappa shape index (κ1) is 15.1. The molecule has 0 aromatic heterocycles. The van der Waals surface area contributed by atoms with Crippen LogP contribution in [0.5, 0.6) is 0 Å². The molecule has 2 aliphatic rings. The number of primary amides is 1. The van der Waals surface area contributed by atoms with Gasteiger partial charge in [0.1, 0.15) is 0 Å². The normalized spacial score (nSPS) is 22.3. The Morgan fingerprint density at radius 2 is 1.60 bits per heavy atom. The molecular formula is C14H26N4O2. The van der Waals surface area contributed by atoms with Crippen molar-refractivity contribution in [1.29, 1.82) is 0 Å². The highest BCUT2D eigenvalue weighted by Crippen LogP contribution is 2.17. The van der Waals surface area contributed by atoms with Crippen molar-refractivity contribution in [2.24, 2.45) is 5.73 Å². The fourth-order valence-electron chi connectivity index (χ4n) is 3.02. The van der Waals surface area contributed by atoms with Crippen LogP contribution in [-0.4, -0.2) is 60.5 Å². The van der Waals surface area contributed by atoms with E-state index in [-0.39, 0.29) is 18.5 Å². The van der Waals surface area contributed by atoms with Gasteiger partial charge in [0.15, 0.2) is 0 Å². The highest BCUT2D eigenvalue weighted by molar-refractivity contribution is 5.76. The summed E-state index contributed by atoms with van der Waals surface area (Å²) in [6, 6.07) is 0.393. The highest BCUT2D eigenvalue weighted by atomic mass is 16.2. The minimum atomic E-state index is -0.304. The summed E-state index contributed by atoms with van der Waals surface area (Å²) in [5, 5.41) is 3.16. The third kappa shape index (κ3) is 4.67. The number of rotatable bonds is 3. The van der Waals surface area contributed by atoms with Crippen LogP contribution in [0.2, 0.25) is 0 Å². The first-order chi connectivity index (χ1) is 9.65. The predicted octanol–water partition coefficient (Wildman–Crippen LogP) is 0.522. The first-order valence-corrected chi connectivity index (χ1v) is 7.71. The van der Waals surface area contributed by atoms with Gasteiger partial charge in [0, 0.05) is 32.2 Å². The average Bonchev–Trinajstić information content (AvgIpc) is 2.67. The molecule has 1 saturated carbocycles. The molecule has 2 fully saturated rings. The molecule has 114 valence electrons. The van der Waals surface area contributed by atoms with E-state index in [4.69, 9.17) is 5.73 Å². The maximum atomic E-state index is 12.2. The topological polar surface area (TPSA) is 78.7 Å². The number of nitrogens with two attached hydrogens (primary N) is 1. The number of hydrogen-bond acceptors (Lipinski definition) is 3. The summed E-state index contributed by atoms with van der Waals surface area (Å²) >= 11 is 0. The number of hydrogen-bond donors (Lipinski definition) is 2. The Balaban J connectivity index is 1.72. The number of nitrogens with one attached hydrogen (secondary N) is 1. The number of carbonyl (C=O) groups is 2. The molecule has 1 aliphatic carbocycles. The highest BCUT2D eigenvalue weighted by Gasteiger charge is 2.23. The lowest BCUT2D eigenvalue weighted by Gasteiger charge is -2.34. The molecule has 0 aromatic rings. The summed E-state index contributed by atoms with van der Waals surface area (Å²) in [7, 11) is 0. The van der Waals surface area contributed by atoms with Crippen molar-refractivity contribution < 1.29 is 9.59 Å². The molecule has 0 unspecified atom stereocenters. The third-order valence-corrected chi connectivity index (χ3v) is 4.22. The van der Waals surface area contributed by atoms with Gasteiger partial charge in [-0.1, -0.05) is 25.7 Å². The zero-order valence-corrected chi connectivity index (χ0v) is 12.1. The fraction of sp³-hybridized carbons (Fsp3) is 0.857. The third-order valence-electron chi connectivity index (χ3n) is 4.22. The molecule has 2 rings (SSSR count). The lowest BCUT2D eigenvalue weighted by Crippen LogP contribution is -2.54. The monoisotopic (exact) mass is 282 g/mol. The van der Waals surface area contributed by atoms with E-state index in [0.29, 0.717) is 19.1 Å². The first-order valence-electron chi connectivity index (χ1n) is 7.71. The summed E-state index contributed by atoms with van der Waals surface area (Å²) in [5.41, 5.74) is 5.18. The summed E-state index contributed by atoms with van der Waals surface area (Å²) in [4.78, 5) is 26.9. The van der Waals surface area contributed by atoms with Crippen LogP contribution in [0.15, 0.2) is 0 Å². The van der Waals surface area contributed by atoms with Gasteiger partial charge >= 0.3 is 6.03 Å². The van der Waals surface area contributed by atoms with E-state index in [2.05, 4.69) is 5.32 Å². The van der Waals surface area contributed by atoms with Gasteiger partial charge in [-0.2, -0.15) is 0 Å². The van der Waals surface area contributed by atoms with Crippen LogP contribution in [-0.2, 0) is 4.79 Å². The predicted molar refractivity (Wildman–Crippen MR) is 77.2 cm³/mol. The van der Waals surface area contributed by atoms with Gasteiger partial charge in [-0.05, 0) is 12.8 Å². The van der Waals surface area contributed by atoms with Crippen LogP contribution >= 0.6 is 0 Å². The molecule has 0 aromatic carbocycles. The Morgan fingerprint density at radius 3 is 2.15 bits per heavy atom. The van der Waals surface area contributed by atoms with E-state index in [1.807, 2.05) is 9.80 Å². The lowest BCUT2D eigenvalue weighted by molar-refractivity contribution is -0.119. The van der Waals surface area contributed by atoms with Crippen molar-refractivity contribution in [3.63, 3.8) is 0 Å². The van der Waals surface area contributed by atoms with Gasteiger partial charge in [0.05, 0.1) is 6.54 Å². The van der Waals surface area contributed by atoms with E-state index in [1.165, 1.54) is 25.7 Å². The Hall–Kier alpha value is -1.30. The second-order valence-electron chi connectivity index (χ2n) is 5.87. The number of nitrogens with zero attached hydrogens (tertiary/aromatic N) is 2. The Morgan fingerprint density at radius 1 is 1.00 bits per heavy atom. The Bertz CT molecular complexity index is 332. The van der Waals surface area contributed by atoms with Crippen molar-refractivity contribution in [1.82, 2.24) is 15.1 Å². The maximum absolute atomic E-state index is 12.2. The standard InChI is InChI=1S/C14H26N4O2/c15-13(19)11-17-7-9-18(10-8-17)14(20)16-12-5-3-1-2-4-6-12/h12H,1-11H2,(H2,15,19)(H,16,20). The van der Waals surface area contributed by atoms with Crippen LogP contribution in [0, 0.1) is 0 Å². The van der Waals surface area contributed by atoms with E-state index in [9.17, 15) is 9.59 Å². The summed E-state index contributed by atoms with van der Waals surface area (Å²) < 4.78 is 0. The summed E-state index contributed by atoms with van der Waals surface area (Å²) in [6.07, 6.45) is 7.23. The average molecular weight is 282 g/mol. The van der Waals surface area contributed by atoms with E-state index < -0.39 is 0 Å². The van der Waals surface area contributed by atoms with Gasteiger partial charge < -0.3 is 16.0 Å². The molecule has 0 bridgehead atoms. The summed E-state index contributed by atoms with van der Waals surface area (Å²) in [5.74, 6) is -0.304. The molecule has 20 heavy (non-hydrogen) atoms. The van der Waals surface area contributed by atoms with Gasteiger partial charge in [-0.25, -0.2) is 4.79 Å². The smallest absolute Gasteiger partial charge is 0.317 e. The van der Waals surface area contributed by atoms with Crippen molar-refractivity contribution in [3.05, 3.63) is 0 Å². The molecule has 1 saturated heterocycles. The van der Waals surface area contributed by atoms with Crippen LogP contribution < -0.4 is 11.1 Å². The molecule has 3 N–H and O–H groups in total. The second-order valence-corrected chi connectivity index (χ2v) is 5.87. The van der Waals surface area contributed by atoms with Crippen LogP contribution in [0.3, 0.4) is 0 Å². The lowest BCUT2D eigenvalue weighted by atomic mass is 10.1. The van der Waals surface area contributed by atoms with Gasteiger partial charge in [0.2, 0.25) is 5.91 Å². The molecule has 0 spiro atoms. The van der Waals surface area contributed by atoms with Crippen molar-refractivity contribution in [2.75, 3.05) is 32.7 Å². The Labute approximate surface area is 120 Å². The molecule has 1 heterocycles. The molecule has 3 amide bonds. The number of amides is 3. The largest absolute Gasteiger partial charge is 0.369 e. The van der Waals surface area contributed by atoms with E-state index in [1.54, 1.807) is 0 Å². The Kier molecular flexibility index (Phi) is 5.64. The van der Waals surface area contributed by atoms with Crippen LogP contribution in [0.4, 0.5) is 4.79 Å².